The summed E-state index contributed by atoms with van der Waals surface area (Å²) in [5, 5.41) is 8.97. The lowest BCUT2D eigenvalue weighted by atomic mass is 9.86. The molecule has 1 amide bonds. The van der Waals surface area contributed by atoms with Gasteiger partial charge in [0.2, 0.25) is 5.91 Å². The van der Waals surface area contributed by atoms with Gasteiger partial charge < -0.3 is 10.0 Å². The molecule has 1 saturated heterocycles. The molecule has 1 aliphatic heterocycles. The first-order valence-electron chi connectivity index (χ1n) is 7.29. The first-order valence-corrected chi connectivity index (χ1v) is 7.29. The largest absolute Gasteiger partial charge is 0.481 e. The molecule has 1 N–H and O–H groups in total. The minimum Gasteiger partial charge on any atom is -0.481 e. The molecule has 0 aliphatic carbocycles. The van der Waals surface area contributed by atoms with Crippen LogP contribution in [0, 0.1) is 12.3 Å². The molecule has 7 heteroatoms. The standard InChI is InChI=1S/C16H18F3NO3/c1-11-2-4-12(5-3-11)6-7-13(21)20-9-8-15(10-20,14(22)23)16(17,18)19/h2-5H,6-10H2,1H3,(H,22,23). The molecule has 0 saturated carbocycles. The van der Waals surface area contributed by atoms with Crippen LogP contribution < -0.4 is 0 Å². The number of hydrogen-bond donors (Lipinski definition) is 1. The molecule has 1 aromatic rings. The third-order valence-corrected chi connectivity index (χ3v) is 4.32. The number of carboxylic acid groups (broad SMARTS) is 1. The van der Waals surface area contributed by atoms with E-state index in [9.17, 15) is 22.8 Å². The van der Waals surface area contributed by atoms with Crippen molar-refractivity contribution in [2.45, 2.75) is 32.4 Å². The van der Waals surface area contributed by atoms with Gasteiger partial charge in [-0.1, -0.05) is 29.8 Å². The van der Waals surface area contributed by atoms with Gasteiger partial charge in [-0.05, 0) is 25.3 Å². The van der Waals surface area contributed by atoms with E-state index in [0.29, 0.717) is 6.42 Å². The minimum absolute atomic E-state index is 0.0661. The lowest BCUT2D eigenvalue weighted by Crippen LogP contribution is -2.47. The molecule has 1 fully saturated rings. The highest BCUT2D eigenvalue weighted by molar-refractivity contribution is 5.81. The first-order chi connectivity index (χ1) is 10.7. The number of rotatable bonds is 4. The van der Waals surface area contributed by atoms with Crippen LogP contribution in [0.25, 0.3) is 0 Å². The van der Waals surface area contributed by atoms with Gasteiger partial charge in [0.1, 0.15) is 0 Å². The zero-order valence-corrected chi connectivity index (χ0v) is 12.7. The van der Waals surface area contributed by atoms with Crippen LogP contribution in [0.4, 0.5) is 13.2 Å². The Hall–Kier alpha value is -2.05. The summed E-state index contributed by atoms with van der Waals surface area (Å²) >= 11 is 0. The minimum atomic E-state index is -4.87. The molecule has 4 nitrogen and oxygen atoms in total. The summed E-state index contributed by atoms with van der Waals surface area (Å²) in [6.07, 6.45) is -4.98. The van der Waals surface area contributed by atoms with Crippen LogP contribution in [0.15, 0.2) is 24.3 Å². The van der Waals surface area contributed by atoms with Gasteiger partial charge in [-0.2, -0.15) is 13.2 Å². The maximum Gasteiger partial charge on any atom is 0.406 e. The molecule has 0 aromatic heterocycles. The van der Waals surface area contributed by atoms with Crippen LogP contribution in [-0.2, 0) is 16.0 Å². The van der Waals surface area contributed by atoms with Crippen molar-refractivity contribution in [2.75, 3.05) is 13.1 Å². The second-order valence-electron chi connectivity index (χ2n) is 5.94. The van der Waals surface area contributed by atoms with E-state index >= 15 is 0 Å². The Morgan fingerprint density at radius 2 is 1.87 bits per heavy atom. The zero-order chi connectivity index (χ0) is 17.3. The quantitative estimate of drug-likeness (QED) is 0.924. The summed E-state index contributed by atoms with van der Waals surface area (Å²) in [6, 6.07) is 7.53. The Kier molecular flexibility index (Phi) is 4.68. The lowest BCUT2D eigenvalue weighted by Gasteiger charge is -2.27. The predicted octanol–water partition coefficient (Wildman–Crippen LogP) is 2.79. The average Bonchev–Trinajstić information content (AvgIpc) is 2.93. The Bertz CT molecular complexity index is 598. The van der Waals surface area contributed by atoms with E-state index in [4.69, 9.17) is 5.11 Å². The van der Waals surface area contributed by atoms with Crippen LogP contribution in [0.5, 0.6) is 0 Å². The molecule has 126 valence electrons. The van der Waals surface area contributed by atoms with Crippen LogP contribution in [-0.4, -0.2) is 41.1 Å². The zero-order valence-electron chi connectivity index (χ0n) is 12.7. The summed E-state index contributed by atoms with van der Waals surface area (Å²) in [4.78, 5) is 24.2. The predicted molar refractivity (Wildman–Crippen MR) is 76.8 cm³/mol. The molecule has 1 unspecified atom stereocenters. The summed E-state index contributed by atoms with van der Waals surface area (Å²) in [5.41, 5.74) is -0.841. The van der Waals surface area contributed by atoms with E-state index in [-0.39, 0.29) is 13.0 Å². The monoisotopic (exact) mass is 329 g/mol. The molecule has 1 atom stereocenters. The van der Waals surface area contributed by atoms with Crippen molar-refractivity contribution in [3.63, 3.8) is 0 Å². The highest BCUT2D eigenvalue weighted by Crippen LogP contribution is 2.45. The fourth-order valence-electron chi connectivity index (χ4n) is 2.71. The highest BCUT2D eigenvalue weighted by atomic mass is 19.4. The molecule has 0 radical (unpaired) electrons. The summed E-state index contributed by atoms with van der Waals surface area (Å²) in [5.74, 6) is -2.36. The molecule has 23 heavy (non-hydrogen) atoms. The molecule has 1 aromatic carbocycles. The van der Waals surface area contributed by atoms with Gasteiger partial charge in [-0.15, -0.1) is 0 Å². The molecule has 0 bridgehead atoms. The number of nitrogens with zero attached hydrogens (tertiary/aromatic N) is 1. The number of alkyl halides is 3. The van der Waals surface area contributed by atoms with Crippen LogP contribution >= 0.6 is 0 Å². The number of amides is 1. The normalized spacial score (nSPS) is 21.5. The van der Waals surface area contributed by atoms with Gasteiger partial charge in [-0.3, -0.25) is 9.59 Å². The average molecular weight is 329 g/mol. The van der Waals surface area contributed by atoms with Gasteiger partial charge in [0.05, 0.1) is 0 Å². The van der Waals surface area contributed by atoms with Gasteiger partial charge in [0.25, 0.3) is 0 Å². The fraction of sp³-hybridized carbons (Fsp3) is 0.500. The van der Waals surface area contributed by atoms with Crippen molar-refractivity contribution < 1.29 is 27.9 Å². The third-order valence-electron chi connectivity index (χ3n) is 4.32. The van der Waals surface area contributed by atoms with E-state index in [1.807, 2.05) is 31.2 Å². The van der Waals surface area contributed by atoms with E-state index in [1.165, 1.54) is 0 Å². The van der Waals surface area contributed by atoms with Crippen molar-refractivity contribution in [2.24, 2.45) is 5.41 Å². The van der Waals surface area contributed by atoms with Crippen LogP contribution in [0.1, 0.15) is 24.0 Å². The van der Waals surface area contributed by atoms with E-state index in [1.54, 1.807) is 0 Å². The van der Waals surface area contributed by atoms with E-state index in [2.05, 4.69) is 0 Å². The Labute approximate surface area is 131 Å². The maximum absolute atomic E-state index is 13.1. The third kappa shape index (κ3) is 3.48. The van der Waals surface area contributed by atoms with Gasteiger partial charge in [0, 0.05) is 19.5 Å². The number of hydrogen-bond acceptors (Lipinski definition) is 2. The second kappa shape index (κ2) is 6.22. The van der Waals surface area contributed by atoms with Crippen molar-refractivity contribution in [1.82, 2.24) is 4.90 Å². The molecular weight excluding hydrogens is 311 g/mol. The van der Waals surface area contributed by atoms with Gasteiger partial charge >= 0.3 is 12.1 Å². The Morgan fingerprint density at radius 1 is 1.26 bits per heavy atom. The van der Waals surface area contributed by atoms with Crippen molar-refractivity contribution in [3.05, 3.63) is 35.4 Å². The fourth-order valence-corrected chi connectivity index (χ4v) is 2.71. The molecule has 1 aliphatic rings. The van der Waals surface area contributed by atoms with Crippen molar-refractivity contribution in [3.8, 4) is 0 Å². The number of carbonyl (C=O) groups excluding carboxylic acids is 1. The second-order valence-corrected chi connectivity index (χ2v) is 5.94. The molecular formula is C16H18F3NO3. The van der Waals surface area contributed by atoms with Crippen LogP contribution in [0.2, 0.25) is 0 Å². The number of aryl methyl sites for hydroxylation is 2. The SMILES string of the molecule is Cc1ccc(CCC(=O)N2CCC(C(=O)O)(C(F)(F)F)C2)cc1. The van der Waals surface area contributed by atoms with Crippen molar-refractivity contribution >= 4 is 11.9 Å². The molecule has 0 spiro atoms. The Morgan fingerprint density at radius 3 is 2.35 bits per heavy atom. The topological polar surface area (TPSA) is 57.6 Å². The highest BCUT2D eigenvalue weighted by Gasteiger charge is 2.64. The number of carboxylic acids is 1. The summed E-state index contributed by atoms with van der Waals surface area (Å²) < 4.78 is 39.2. The number of carbonyl (C=O) groups is 2. The van der Waals surface area contributed by atoms with Gasteiger partial charge in [0.15, 0.2) is 5.41 Å². The number of aliphatic carboxylic acids is 1. The number of likely N-dealkylation sites (tertiary alicyclic amines) is 1. The molecule has 1 heterocycles. The summed E-state index contributed by atoms with van der Waals surface area (Å²) in [7, 11) is 0. The Balaban J connectivity index is 1.99. The van der Waals surface area contributed by atoms with Crippen LogP contribution in [0.3, 0.4) is 0 Å². The molecule has 2 rings (SSSR count). The smallest absolute Gasteiger partial charge is 0.406 e. The van der Waals surface area contributed by atoms with E-state index < -0.39 is 36.4 Å². The lowest BCUT2D eigenvalue weighted by molar-refractivity contribution is -0.227. The number of benzene rings is 1. The summed E-state index contributed by atoms with van der Waals surface area (Å²) in [6.45, 7) is 0.943. The maximum atomic E-state index is 13.1. The first kappa shape index (κ1) is 17.3. The number of halogens is 3. The van der Waals surface area contributed by atoms with Gasteiger partial charge in [-0.25, -0.2) is 0 Å². The van der Waals surface area contributed by atoms with E-state index in [0.717, 1.165) is 16.0 Å². The van der Waals surface area contributed by atoms with Crippen molar-refractivity contribution in [1.29, 1.82) is 0 Å².